The Labute approximate surface area is 123 Å². The zero-order valence-corrected chi connectivity index (χ0v) is 12.8. The number of rotatable bonds is 7. The molecule has 1 aliphatic heterocycles. The third-order valence-corrected chi connectivity index (χ3v) is 3.90. The van der Waals surface area contributed by atoms with Crippen LogP contribution >= 0.6 is 0 Å². The first-order chi connectivity index (χ1) is 9.79. The molecule has 0 aliphatic carbocycles. The number of benzene rings is 1. The number of hydrogen-bond acceptors (Lipinski definition) is 3. The molecule has 112 valence electrons. The van der Waals surface area contributed by atoms with Crippen LogP contribution in [0.15, 0.2) is 30.3 Å². The van der Waals surface area contributed by atoms with Gasteiger partial charge in [0.15, 0.2) is 0 Å². The molecule has 0 amide bonds. The SMILES string of the molecule is CCCNC(CCN1CCOC(C)C1)c1ccccc1. The fourth-order valence-corrected chi connectivity index (χ4v) is 2.80. The fraction of sp³-hybridized carbons (Fsp3) is 0.647. The molecule has 1 fully saturated rings. The molecular formula is C17H28N2O. The number of nitrogens with one attached hydrogen (secondary N) is 1. The first kappa shape index (κ1) is 15.5. The summed E-state index contributed by atoms with van der Waals surface area (Å²) < 4.78 is 5.61. The largest absolute Gasteiger partial charge is 0.376 e. The predicted octanol–water partition coefficient (Wildman–Crippen LogP) is 2.84. The summed E-state index contributed by atoms with van der Waals surface area (Å²) in [5.74, 6) is 0. The van der Waals surface area contributed by atoms with Crippen LogP contribution in [0.25, 0.3) is 0 Å². The quantitative estimate of drug-likeness (QED) is 0.829. The van der Waals surface area contributed by atoms with Crippen LogP contribution in [0.1, 0.15) is 38.3 Å². The molecular weight excluding hydrogens is 248 g/mol. The number of hydrogen-bond donors (Lipinski definition) is 1. The summed E-state index contributed by atoms with van der Waals surface area (Å²) in [4.78, 5) is 2.53. The van der Waals surface area contributed by atoms with Crippen molar-refractivity contribution in [2.24, 2.45) is 0 Å². The average molecular weight is 276 g/mol. The summed E-state index contributed by atoms with van der Waals surface area (Å²) in [5, 5.41) is 3.68. The molecule has 1 aliphatic rings. The minimum absolute atomic E-state index is 0.377. The minimum atomic E-state index is 0.377. The second-order valence-electron chi connectivity index (χ2n) is 5.69. The van der Waals surface area contributed by atoms with Gasteiger partial charge in [0, 0.05) is 25.7 Å². The van der Waals surface area contributed by atoms with Crippen LogP contribution in [0.3, 0.4) is 0 Å². The normalized spacial score (nSPS) is 21.8. The first-order valence-electron chi connectivity index (χ1n) is 7.92. The van der Waals surface area contributed by atoms with Crippen molar-refractivity contribution in [3.8, 4) is 0 Å². The fourth-order valence-electron chi connectivity index (χ4n) is 2.80. The maximum atomic E-state index is 5.61. The molecule has 0 saturated carbocycles. The molecule has 20 heavy (non-hydrogen) atoms. The van der Waals surface area contributed by atoms with E-state index in [1.807, 2.05) is 0 Å². The first-order valence-corrected chi connectivity index (χ1v) is 7.92. The lowest BCUT2D eigenvalue weighted by molar-refractivity contribution is -0.0192. The van der Waals surface area contributed by atoms with Gasteiger partial charge < -0.3 is 10.1 Å². The summed E-state index contributed by atoms with van der Waals surface area (Å²) in [6, 6.07) is 11.3. The summed E-state index contributed by atoms with van der Waals surface area (Å²) in [6.07, 6.45) is 2.72. The summed E-state index contributed by atoms with van der Waals surface area (Å²) in [5.41, 5.74) is 1.40. The Morgan fingerprint density at radius 3 is 2.85 bits per heavy atom. The van der Waals surface area contributed by atoms with E-state index in [-0.39, 0.29) is 0 Å². The Morgan fingerprint density at radius 2 is 2.15 bits per heavy atom. The molecule has 0 spiro atoms. The van der Waals surface area contributed by atoms with Gasteiger partial charge in [-0.2, -0.15) is 0 Å². The van der Waals surface area contributed by atoms with E-state index in [1.165, 1.54) is 12.0 Å². The molecule has 0 aromatic heterocycles. The van der Waals surface area contributed by atoms with Crippen molar-refractivity contribution < 1.29 is 4.74 Å². The standard InChI is InChI=1S/C17H28N2O/c1-3-10-18-17(16-7-5-4-6-8-16)9-11-19-12-13-20-15(2)14-19/h4-8,15,17-18H,3,9-14H2,1-2H3. The highest BCUT2D eigenvalue weighted by molar-refractivity contribution is 5.18. The molecule has 2 rings (SSSR count). The van der Waals surface area contributed by atoms with Gasteiger partial charge in [-0.05, 0) is 31.9 Å². The van der Waals surface area contributed by atoms with Crippen LogP contribution in [-0.2, 0) is 4.74 Å². The van der Waals surface area contributed by atoms with E-state index in [0.29, 0.717) is 12.1 Å². The summed E-state index contributed by atoms with van der Waals surface area (Å²) >= 11 is 0. The molecule has 0 bridgehead atoms. The molecule has 3 nitrogen and oxygen atoms in total. The number of ether oxygens (including phenoxy) is 1. The number of nitrogens with zero attached hydrogens (tertiary/aromatic N) is 1. The highest BCUT2D eigenvalue weighted by atomic mass is 16.5. The molecule has 1 saturated heterocycles. The summed E-state index contributed by atoms with van der Waals surface area (Å²) in [7, 11) is 0. The monoisotopic (exact) mass is 276 g/mol. The Hall–Kier alpha value is -0.900. The van der Waals surface area contributed by atoms with Crippen molar-refractivity contribution in [3.63, 3.8) is 0 Å². The lowest BCUT2D eigenvalue weighted by Crippen LogP contribution is -2.42. The van der Waals surface area contributed by atoms with Crippen LogP contribution in [-0.4, -0.2) is 43.8 Å². The molecule has 1 aromatic rings. The van der Waals surface area contributed by atoms with Crippen molar-refractivity contribution in [3.05, 3.63) is 35.9 Å². The van der Waals surface area contributed by atoms with Crippen LogP contribution < -0.4 is 5.32 Å². The Bertz CT molecular complexity index is 369. The molecule has 3 heteroatoms. The van der Waals surface area contributed by atoms with Crippen molar-refractivity contribution in [2.45, 2.75) is 38.8 Å². The molecule has 1 aromatic carbocycles. The van der Waals surface area contributed by atoms with E-state index in [1.54, 1.807) is 0 Å². The van der Waals surface area contributed by atoms with E-state index < -0.39 is 0 Å². The lowest BCUT2D eigenvalue weighted by atomic mass is 10.0. The summed E-state index contributed by atoms with van der Waals surface area (Å²) in [6.45, 7) is 9.62. The van der Waals surface area contributed by atoms with E-state index in [4.69, 9.17) is 4.74 Å². The Morgan fingerprint density at radius 1 is 1.35 bits per heavy atom. The van der Waals surface area contributed by atoms with Gasteiger partial charge in [-0.25, -0.2) is 0 Å². The van der Waals surface area contributed by atoms with Gasteiger partial charge in [0.05, 0.1) is 12.7 Å². The zero-order chi connectivity index (χ0) is 14.2. The van der Waals surface area contributed by atoms with Gasteiger partial charge in [-0.15, -0.1) is 0 Å². The molecule has 1 heterocycles. The molecule has 2 atom stereocenters. The topological polar surface area (TPSA) is 24.5 Å². The van der Waals surface area contributed by atoms with Crippen LogP contribution in [0.4, 0.5) is 0 Å². The van der Waals surface area contributed by atoms with Crippen molar-refractivity contribution in [2.75, 3.05) is 32.8 Å². The minimum Gasteiger partial charge on any atom is -0.376 e. The van der Waals surface area contributed by atoms with E-state index in [9.17, 15) is 0 Å². The van der Waals surface area contributed by atoms with Crippen LogP contribution in [0.5, 0.6) is 0 Å². The van der Waals surface area contributed by atoms with Gasteiger partial charge in [0.1, 0.15) is 0 Å². The molecule has 2 unspecified atom stereocenters. The van der Waals surface area contributed by atoms with Gasteiger partial charge in [-0.1, -0.05) is 37.3 Å². The zero-order valence-electron chi connectivity index (χ0n) is 12.8. The Kier molecular flexibility index (Phi) is 6.51. The highest BCUT2D eigenvalue weighted by Crippen LogP contribution is 2.18. The van der Waals surface area contributed by atoms with E-state index in [0.717, 1.165) is 39.2 Å². The van der Waals surface area contributed by atoms with E-state index in [2.05, 4.69) is 54.4 Å². The molecule has 1 N–H and O–H groups in total. The van der Waals surface area contributed by atoms with Gasteiger partial charge in [0.25, 0.3) is 0 Å². The van der Waals surface area contributed by atoms with Gasteiger partial charge in [0.2, 0.25) is 0 Å². The van der Waals surface area contributed by atoms with Crippen LogP contribution in [0.2, 0.25) is 0 Å². The van der Waals surface area contributed by atoms with Crippen molar-refractivity contribution in [1.29, 1.82) is 0 Å². The number of morpholine rings is 1. The Balaban J connectivity index is 1.87. The smallest absolute Gasteiger partial charge is 0.0674 e. The van der Waals surface area contributed by atoms with Gasteiger partial charge >= 0.3 is 0 Å². The second-order valence-corrected chi connectivity index (χ2v) is 5.69. The van der Waals surface area contributed by atoms with Crippen molar-refractivity contribution >= 4 is 0 Å². The third kappa shape index (κ3) is 4.89. The third-order valence-electron chi connectivity index (χ3n) is 3.90. The van der Waals surface area contributed by atoms with Crippen molar-refractivity contribution in [1.82, 2.24) is 10.2 Å². The average Bonchev–Trinajstić information content (AvgIpc) is 2.48. The lowest BCUT2D eigenvalue weighted by Gasteiger charge is -2.32. The predicted molar refractivity (Wildman–Crippen MR) is 83.9 cm³/mol. The second kappa shape index (κ2) is 8.40. The maximum absolute atomic E-state index is 5.61. The van der Waals surface area contributed by atoms with Crippen LogP contribution in [0, 0.1) is 0 Å². The van der Waals surface area contributed by atoms with Gasteiger partial charge in [-0.3, -0.25) is 4.90 Å². The maximum Gasteiger partial charge on any atom is 0.0674 e. The van der Waals surface area contributed by atoms with E-state index >= 15 is 0 Å². The highest BCUT2D eigenvalue weighted by Gasteiger charge is 2.18. The molecule has 0 radical (unpaired) electrons.